The maximum Gasteiger partial charge on any atom is 0.164 e. The van der Waals surface area contributed by atoms with Gasteiger partial charge in [-0.2, -0.15) is 5.10 Å². The molecule has 2 aromatic heterocycles. The molecule has 7 rings (SSSR count). The molecular formula is C30H34FN7O. The molecule has 0 radical (unpaired) electrons. The zero-order valence-electron chi connectivity index (χ0n) is 22.0. The lowest BCUT2D eigenvalue weighted by Gasteiger charge is -2.55. The summed E-state index contributed by atoms with van der Waals surface area (Å²) in [7, 11) is 0. The van der Waals surface area contributed by atoms with Crippen molar-refractivity contribution >= 4 is 16.9 Å². The average molecular weight is 528 g/mol. The fourth-order valence-electron chi connectivity index (χ4n) is 6.82. The van der Waals surface area contributed by atoms with E-state index in [0.29, 0.717) is 47.0 Å². The van der Waals surface area contributed by atoms with Crippen LogP contribution in [-0.4, -0.2) is 63.0 Å². The SMILES string of the molecule is Nc1ncnc2c1c(-c1ccc(Oc3ccccc3)cc1)nn2[C@@H]1CCN(C2CC3(CCNCC3)C2)C[C@H]1F. The van der Waals surface area contributed by atoms with Crippen molar-refractivity contribution < 1.29 is 9.13 Å². The first kappa shape index (κ1) is 24.5. The number of alkyl halides is 1. The van der Waals surface area contributed by atoms with Gasteiger partial charge >= 0.3 is 0 Å². The summed E-state index contributed by atoms with van der Waals surface area (Å²) in [6, 6.07) is 17.5. The Labute approximate surface area is 227 Å². The number of fused-ring (bicyclic) bond motifs is 1. The monoisotopic (exact) mass is 527 g/mol. The van der Waals surface area contributed by atoms with Crippen LogP contribution in [0.3, 0.4) is 0 Å². The van der Waals surface area contributed by atoms with Crippen molar-refractivity contribution in [2.75, 3.05) is 31.9 Å². The normalized spacial score (nSPS) is 23.6. The van der Waals surface area contributed by atoms with Gasteiger partial charge in [0.15, 0.2) is 5.65 Å². The minimum absolute atomic E-state index is 0.348. The third kappa shape index (κ3) is 4.53. The Morgan fingerprint density at radius 3 is 2.46 bits per heavy atom. The molecule has 39 heavy (non-hydrogen) atoms. The maximum absolute atomic E-state index is 15.8. The zero-order valence-corrected chi connectivity index (χ0v) is 22.0. The predicted octanol–water partition coefficient (Wildman–Crippen LogP) is 4.98. The zero-order chi connectivity index (χ0) is 26.4. The van der Waals surface area contributed by atoms with E-state index in [-0.39, 0.29) is 6.04 Å². The minimum atomic E-state index is -1.03. The number of benzene rings is 2. The van der Waals surface area contributed by atoms with Crippen molar-refractivity contribution in [1.29, 1.82) is 0 Å². The minimum Gasteiger partial charge on any atom is -0.457 e. The molecule has 1 aliphatic carbocycles. The van der Waals surface area contributed by atoms with E-state index in [9.17, 15) is 0 Å². The van der Waals surface area contributed by atoms with E-state index >= 15 is 4.39 Å². The number of nitrogens with zero attached hydrogens (tertiary/aromatic N) is 5. The van der Waals surface area contributed by atoms with Crippen molar-refractivity contribution in [3.8, 4) is 22.8 Å². The van der Waals surface area contributed by atoms with Gasteiger partial charge in [0.1, 0.15) is 35.5 Å². The molecule has 1 spiro atoms. The van der Waals surface area contributed by atoms with Gasteiger partial charge in [-0.1, -0.05) is 18.2 Å². The first-order valence-corrected chi connectivity index (χ1v) is 14.0. The number of ether oxygens (including phenoxy) is 1. The predicted molar refractivity (Wildman–Crippen MR) is 149 cm³/mol. The summed E-state index contributed by atoms with van der Waals surface area (Å²) in [6.07, 6.45) is 6.01. The third-order valence-corrected chi connectivity index (χ3v) is 9.00. The largest absolute Gasteiger partial charge is 0.457 e. The Balaban J connectivity index is 1.11. The number of nitrogens with two attached hydrogens (primary N) is 1. The van der Waals surface area contributed by atoms with Crippen LogP contribution >= 0.6 is 0 Å². The first-order chi connectivity index (χ1) is 19.1. The molecule has 2 aromatic carbocycles. The standard InChI is InChI=1S/C30H34FN7O/c31-24-18-37(21-16-30(17-21)11-13-33-14-12-30)15-10-25(24)38-29-26(28(32)34-19-35-29)27(36-38)20-6-8-23(9-7-20)39-22-4-2-1-3-5-22/h1-9,19,21,24-25,33H,10-18H2,(H2,32,34,35)/t24-,25-/m1/s1. The molecule has 3 aliphatic rings. The van der Waals surface area contributed by atoms with E-state index in [4.69, 9.17) is 15.6 Å². The number of anilines is 1. The van der Waals surface area contributed by atoms with Crippen LogP contribution in [0.25, 0.3) is 22.3 Å². The van der Waals surface area contributed by atoms with Crippen LogP contribution in [0.15, 0.2) is 60.9 Å². The summed E-state index contributed by atoms with van der Waals surface area (Å²) in [5, 5.41) is 9.04. The Morgan fingerprint density at radius 2 is 1.72 bits per heavy atom. The number of likely N-dealkylation sites (tertiary alicyclic amines) is 1. The molecule has 3 N–H and O–H groups in total. The Bertz CT molecular complexity index is 1440. The topological polar surface area (TPSA) is 94.1 Å². The molecule has 1 saturated carbocycles. The second-order valence-corrected chi connectivity index (χ2v) is 11.4. The van der Waals surface area contributed by atoms with Gasteiger partial charge in [0.25, 0.3) is 0 Å². The highest BCUT2D eigenvalue weighted by atomic mass is 19.1. The van der Waals surface area contributed by atoms with E-state index < -0.39 is 6.17 Å². The van der Waals surface area contributed by atoms with Gasteiger partial charge < -0.3 is 15.8 Å². The molecule has 9 heteroatoms. The second kappa shape index (κ2) is 9.88. The molecule has 2 saturated heterocycles. The van der Waals surface area contributed by atoms with Gasteiger partial charge in [-0.25, -0.2) is 19.0 Å². The summed E-state index contributed by atoms with van der Waals surface area (Å²) < 4.78 is 23.5. The number of aromatic nitrogens is 4. The van der Waals surface area contributed by atoms with Crippen LogP contribution in [0.4, 0.5) is 10.2 Å². The molecule has 0 bridgehead atoms. The van der Waals surface area contributed by atoms with Gasteiger partial charge in [0.05, 0.1) is 11.4 Å². The summed E-state index contributed by atoms with van der Waals surface area (Å²) in [5.41, 5.74) is 8.91. The van der Waals surface area contributed by atoms with Crippen molar-refractivity contribution in [3.05, 3.63) is 60.9 Å². The summed E-state index contributed by atoms with van der Waals surface area (Å²) in [5.74, 6) is 1.84. The van der Waals surface area contributed by atoms with Gasteiger partial charge in [-0.3, -0.25) is 4.90 Å². The summed E-state index contributed by atoms with van der Waals surface area (Å²) in [6.45, 7) is 3.53. The maximum atomic E-state index is 15.8. The number of hydrogen-bond acceptors (Lipinski definition) is 7. The van der Waals surface area contributed by atoms with Crippen molar-refractivity contribution in [2.45, 2.75) is 50.4 Å². The highest BCUT2D eigenvalue weighted by Crippen LogP contribution is 2.50. The van der Waals surface area contributed by atoms with Gasteiger partial charge in [0.2, 0.25) is 0 Å². The average Bonchev–Trinajstić information content (AvgIpc) is 3.34. The van der Waals surface area contributed by atoms with Crippen molar-refractivity contribution in [3.63, 3.8) is 0 Å². The number of nitrogens with one attached hydrogen (secondary N) is 1. The molecule has 8 nitrogen and oxygen atoms in total. The quantitative estimate of drug-likeness (QED) is 0.378. The molecule has 0 unspecified atom stereocenters. The Kier molecular flexibility index (Phi) is 6.20. The molecule has 0 amide bonds. The molecule has 2 aliphatic heterocycles. The van der Waals surface area contributed by atoms with Crippen LogP contribution in [0, 0.1) is 5.41 Å². The van der Waals surface area contributed by atoms with E-state index in [1.165, 1.54) is 32.0 Å². The number of hydrogen-bond donors (Lipinski definition) is 2. The molecule has 202 valence electrons. The molecule has 4 aromatic rings. The van der Waals surface area contributed by atoms with Crippen molar-refractivity contribution in [1.82, 2.24) is 30.0 Å². The molecule has 2 atom stereocenters. The fourth-order valence-corrected chi connectivity index (χ4v) is 6.82. The van der Waals surface area contributed by atoms with Crippen molar-refractivity contribution in [2.24, 2.45) is 5.41 Å². The number of piperidine rings is 2. The first-order valence-electron chi connectivity index (χ1n) is 14.0. The van der Waals surface area contributed by atoms with E-state index in [1.807, 2.05) is 54.6 Å². The lowest BCUT2D eigenvalue weighted by Crippen LogP contribution is -2.57. The summed E-state index contributed by atoms with van der Waals surface area (Å²) in [4.78, 5) is 11.1. The van der Waals surface area contributed by atoms with E-state index in [2.05, 4.69) is 20.2 Å². The van der Waals surface area contributed by atoms with Crippen LogP contribution in [0.2, 0.25) is 0 Å². The highest BCUT2D eigenvalue weighted by molar-refractivity contribution is 5.98. The number of para-hydroxylation sites is 1. The van der Waals surface area contributed by atoms with E-state index in [0.717, 1.165) is 36.7 Å². The second-order valence-electron chi connectivity index (χ2n) is 11.4. The Morgan fingerprint density at radius 1 is 0.974 bits per heavy atom. The van der Waals surface area contributed by atoms with Crippen LogP contribution in [0.1, 0.15) is 38.1 Å². The van der Waals surface area contributed by atoms with Gasteiger partial charge in [-0.15, -0.1) is 0 Å². The highest BCUT2D eigenvalue weighted by Gasteiger charge is 2.48. The Hall–Kier alpha value is -3.56. The number of nitrogen functional groups attached to an aromatic ring is 1. The summed E-state index contributed by atoms with van der Waals surface area (Å²) >= 11 is 0. The smallest absolute Gasteiger partial charge is 0.164 e. The van der Waals surface area contributed by atoms with Crippen LogP contribution in [-0.2, 0) is 0 Å². The number of halogens is 1. The molecular weight excluding hydrogens is 493 g/mol. The van der Waals surface area contributed by atoms with Gasteiger partial charge in [0, 0.05) is 24.7 Å². The third-order valence-electron chi connectivity index (χ3n) is 9.00. The van der Waals surface area contributed by atoms with Gasteiger partial charge in [-0.05, 0) is 87.0 Å². The molecule has 4 heterocycles. The lowest BCUT2D eigenvalue weighted by atomic mass is 9.60. The lowest BCUT2D eigenvalue weighted by molar-refractivity contribution is -0.0487. The van der Waals surface area contributed by atoms with Crippen LogP contribution in [0.5, 0.6) is 11.5 Å². The molecule has 3 fully saturated rings. The van der Waals surface area contributed by atoms with Crippen LogP contribution < -0.4 is 15.8 Å². The van der Waals surface area contributed by atoms with E-state index in [1.54, 1.807) is 4.68 Å². The number of rotatable bonds is 5. The fraction of sp³-hybridized carbons (Fsp3) is 0.433.